The SMILES string of the molecule is CCC(NCC(O)COC1CCOCC1)c1ccc(C)cc1. The van der Waals surface area contributed by atoms with Crippen molar-refractivity contribution in [2.24, 2.45) is 0 Å². The largest absolute Gasteiger partial charge is 0.389 e. The van der Waals surface area contributed by atoms with Crippen LogP contribution in [0.25, 0.3) is 0 Å². The molecular weight excluding hydrogens is 278 g/mol. The molecule has 2 rings (SSSR count). The van der Waals surface area contributed by atoms with Crippen LogP contribution in [0.4, 0.5) is 0 Å². The minimum atomic E-state index is -0.470. The zero-order valence-corrected chi connectivity index (χ0v) is 13.8. The lowest BCUT2D eigenvalue weighted by Crippen LogP contribution is -2.35. The maximum atomic E-state index is 10.1. The van der Waals surface area contributed by atoms with Gasteiger partial charge in [0.25, 0.3) is 0 Å². The Morgan fingerprint density at radius 2 is 1.95 bits per heavy atom. The Kier molecular flexibility index (Phi) is 7.33. The Morgan fingerprint density at radius 3 is 2.59 bits per heavy atom. The Labute approximate surface area is 133 Å². The van der Waals surface area contributed by atoms with E-state index in [4.69, 9.17) is 9.47 Å². The van der Waals surface area contributed by atoms with Gasteiger partial charge in [0.2, 0.25) is 0 Å². The number of ether oxygens (including phenoxy) is 2. The van der Waals surface area contributed by atoms with Gasteiger partial charge in [-0.3, -0.25) is 0 Å². The van der Waals surface area contributed by atoms with Crippen LogP contribution in [-0.4, -0.2) is 43.7 Å². The van der Waals surface area contributed by atoms with E-state index in [1.807, 2.05) is 0 Å². The van der Waals surface area contributed by atoms with E-state index in [0.29, 0.717) is 13.2 Å². The van der Waals surface area contributed by atoms with Crippen LogP contribution in [0.15, 0.2) is 24.3 Å². The number of aryl methyl sites for hydroxylation is 1. The first kappa shape index (κ1) is 17.4. The average molecular weight is 307 g/mol. The third-order valence-corrected chi connectivity index (χ3v) is 4.18. The van der Waals surface area contributed by atoms with E-state index in [9.17, 15) is 5.11 Å². The molecular formula is C18H29NO3. The molecule has 2 N–H and O–H groups in total. The molecule has 2 atom stereocenters. The molecule has 1 aliphatic heterocycles. The predicted octanol–water partition coefficient (Wildman–Crippen LogP) is 2.59. The number of aliphatic hydroxyl groups excluding tert-OH is 1. The van der Waals surface area contributed by atoms with Crippen LogP contribution in [0.2, 0.25) is 0 Å². The van der Waals surface area contributed by atoms with E-state index in [0.717, 1.165) is 32.5 Å². The van der Waals surface area contributed by atoms with Gasteiger partial charge in [-0.05, 0) is 31.7 Å². The van der Waals surface area contributed by atoms with Gasteiger partial charge in [-0.25, -0.2) is 0 Å². The molecule has 0 spiro atoms. The molecule has 0 bridgehead atoms. The van der Waals surface area contributed by atoms with E-state index in [-0.39, 0.29) is 12.1 Å². The number of aliphatic hydroxyl groups is 1. The first-order chi connectivity index (χ1) is 10.7. The molecule has 1 fully saturated rings. The van der Waals surface area contributed by atoms with Crippen molar-refractivity contribution in [3.05, 3.63) is 35.4 Å². The minimum absolute atomic E-state index is 0.238. The smallest absolute Gasteiger partial charge is 0.0898 e. The highest BCUT2D eigenvalue weighted by atomic mass is 16.5. The summed E-state index contributed by atoms with van der Waals surface area (Å²) in [7, 11) is 0. The summed E-state index contributed by atoms with van der Waals surface area (Å²) in [6, 6.07) is 8.84. The molecule has 0 amide bonds. The second-order valence-corrected chi connectivity index (χ2v) is 6.08. The molecule has 4 nitrogen and oxygen atoms in total. The standard InChI is InChI=1S/C18H29NO3/c1-3-18(15-6-4-14(2)5-7-15)19-12-16(20)13-22-17-8-10-21-11-9-17/h4-7,16-20H,3,8-13H2,1-2H3. The molecule has 4 heteroatoms. The molecule has 0 radical (unpaired) electrons. The highest BCUT2D eigenvalue weighted by Gasteiger charge is 2.17. The van der Waals surface area contributed by atoms with Crippen LogP contribution in [0.1, 0.15) is 43.4 Å². The summed E-state index contributed by atoms with van der Waals surface area (Å²) in [6.07, 6.45) is 2.63. The lowest BCUT2D eigenvalue weighted by molar-refractivity contribution is -0.0588. The number of benzene rings is 1. The molecule has 124 valence electrons. The molecule has 0 saturated carbocycles. The molecule has 2 unspecified atom stereocenters. The van der Waals surface area contributed by atoms with Gasteiger partial charge in [0.05, 0.1) is 18.8 Å². The zero-order chi connectivity index (χ0) is 15.8. The highest BCUT2D eigenvalue weighted by Crippen LogP contribution is 2.17. The van der Waals surface area contributed by atoms with Gasteiger partial charge in [-0.15, -0.1) is 0 Å². The van der Waals surface area contributed by atoms with Crippen molar-refractivity contribution in [2.45, 2.75) is 51.4 Å². The van der Waals surface area contributed by atoms with E-state index in [1.165, 1.54) is 11.1 Å². The van der Waals surface area contributed by atoms with E-state index in [1.54, 1.807) is 0 Å². The molecule has 0 aliphatic carbocycles. The molecule has 1 heterocycles. The Bertz CT molecular complexity index is 415. The first-order valence-electron chi connectivity index (χ1n) is 8.36. The normalized spacial score (nSPS) is 19.0. The lowest BCUT2D eigenvalue weighted by atomic mass is 10.0. The maximum Gasteiger partial charge on any atom is 0.0898 e. The number of hydrogen-bond acceptors (Lipinski definition) is 4. The van der Waals surface area contributed by atoms with Gasteiger partial charge in [-0.2, -0.15) is 0 Å². The van der Waals surface area contributed by atoms with Gasteiger partial charge < -0.3 is 19.9 Å². The van der Waals surface area contributed by atoms with Crippen LogP contribution in [-0.2, 0) is 9.47 Å². The number of hydrogen-bond donors (Lipinski definition) is 2. The molecule has 0 aromatic heterocycles. The summed E-state index contributed by atoms with van der Waals surface area (Å²) in [5.74, 6) is 0. The van der Waals surface area contributed by atoms with E-state index < -0.39 is 6.10 Å². The zero-order valence-electron chi connectivity index (χ0n) is 13.8. The molecule has 1 saturated heterocycles. The number of rotatable bonds is 8. The first-order valence-corrected chi connectivity index (χ1v) is 8.36. The molecule has 22 heavy (non-hydrogen) atoms. The van der Waals surface area contributed by atoms with Gasteiger partial charge in [-0.1, -0.05) is 36.8 Å². The summed E-state index contributed by atoms with van der Waals surface area (Å²) in [5, 5.41) is 13.5. The molecule has 1 aromatic carbocycles. The van der Waals surface area contributed by atoms with Gasteiger partial charge >= 0.3 is 0 Å². The van der Waals surface area contributed by atoms with Crippen molar-refractivity contribution in [3.8, 4) is 0 Å². The average Bonchev–Trinajstić information content (AvgIpc) is 2.56. The number of nitrogens with one attached hydrogen (secondary N) is 1. The lowest BCUT2D eigenvalue weighted by Gasteiger charge is -2.25. The topological polar surface area (TPSA) is 50.7 Å². The quantitative estimate of drug-likeness (QED) is 0.775. The van der Waals surface area contributed by atoms with Crippen LogP contribution >= 0.6 is 0 Å². The fourth-order valence-electron chi connectivity index (χ4n) is 2.72. The van der Waals surface area contributed by atoms with Crippen molar-refractivity contribution in [1.82, 2.24) is 5.32 Å². The van der Waals surface area contributed by atoms with Gasteiger partial charge in [0.15, 0.2) is 0 Å². The Hall–Kier alpha value is -0.940. The van der Waals surface area contributed by atoms with Crippen LogP contribution in [0, 0.1) is 6.92 Å². The molecule has 1 aromatic rings. The fourth-order valence-corrected chi connectivity index (χ4v) is 2.72. The van der Waals surface area contributed by atoms with E-state index >= 15 is 0 Å². The summed E-state index contributed by atoms with van der Waals surface area (Å²) < 4.78 is 11.1. The predicted molar refractivity (Wildman–Crippen MR) is 88.0 cm³/mol. The summed E-state index contributed by atoms with van der Waals surface area (Å²) in [4.78, 5) is 0. The summed E-state index contributed by atoms with van der Waals surface area (Å²) >= 11 is 0. The second kappa shape index (κ2) is 9.26. The Morgan fingerprint density at radius 1 is 1.27 bits per heavy atom. The van der Waals surface area contributed by atoms with Crippen LogP contribution < -0.4 is 5.32 Å². The minimum Gasteiger partial charge on any atom is -0.389 e. The molecule has 1 aliphatic rings. The maximum absolute atomic E-state index is 10.1. The van der Waals surface area contributed by atoms with Crippen LogP contribution in [0.5, 0.6) is 0 Å². The van der Waals surface area contributed by atoms with Crippen molar-refractivity contribution < 1.29 is 14.6 Å². The Balaban J connectivity index is 1.71. The van der Waals surface area contributed by atoms with Gasteiger partial charge in [0, 0.05) is 25.8 Å². The van der Waals surface area contributed by atoms with Crippen molar-refractivity contribution >= 4 is 0 Å². The summed E-state index contributed by atoms with van der Waals surface area (Å²) in [5.41, 5.74) is 2.54. The third kappa shape index (κ3) is 5.69. The van der Waals surface area contributed by atoms with Crippen molar-refractivity contribution in [1.29, 1.82) is 0 Å². The van der Waals surface area contributed by atoms with Crippen LogP contribution in [0.3, 0.4) is 0 Å². The summed E-state index contributed by atoms with van der Waals surface area (Å²) in [6.45, 7) is 6.73. The van der Waals surface area contributed by atoms with Crippen molar-refractivity contribution in [3.63, 3.8) is 0 Å². The third-order valence-electron chi connectivity index (χ3n) is 4.18. The highest BCUT2D eigenvalue weighted by molar-refractivity contribution is 5.24. The monoisotopic (exact) mass is 307 g/mol. The fraction of sp³-hybridized carbons (Fsp3) is 0.667. The van der Waals surface area contributed by atoms with Gasteiger partial charge in [0.1, 0.15) is 0 Å². The second-order valence-electron chi connectivity index (χ2n) is 6.08. The van der Waals surface area contributed by atoms with Crippen molar-refractivity contribution in [2.75, 3.05) is 26.4 Å². The van der Waals surface area contributed by atoms with E-state index in [2.05, 4.69) is 43.4 Å².